The molecule has 1 unspecified atom stereocenters. The number of methoxy groups -OCH3 is 1. The highest BCUT2D eigenvalue weighted by atomic mass is 32.2. The lowest BCUT2D eigenvalue weighted by Crippen LogP contribution is -2.52. The molecular formula is C15H24N2O5S2. The molecule has 0 aliphatic carbocycles. The smallest absolute Gasteiger partial charge is 0.240 e. The molecule has 0 spiro atoms. The van der Waals surface area contributed by atoms with Crippen molar-refractivity contribution in [1.82, 2.24) is 10.0 Å². The van der Waals surface area contributed by atoms with Gasteiger partial charge >= 0.3 is 0 Å². The number of aryl methyl sites for hydroxylation is 1. The van der Waals surface area contributed by atoms with Gasteiger partial charge in [-0.15, -0.1) is 0 Å². The Morgan fingerprint density at radius 1 is 1.29 bits per heavy atom. The third-order valence-electron chi connectivity index (χ3n) is 4.23. The van der Waals surface area contributed by atoms with Crippen LogP contribution in [0.2, 0.25) is 0 Å². The third kappa shape index (κ3) is 4.34. The van der Waals surface area contributed by atoms with Crippen molar-refractivity contribution in [3.05, 3.63) is 23.8 Å². The maximum atomic E-state index is 12.7. The second-order valence-electron chi connectivity index (χ2n) is 6.27. The van der Waals surface area contributed by atoms with Gasteiger partial charge in [0.15, 0.2) is 9.84 Å². The van der Waals surface area contributed by atoms with Gasteiger partial charge in [-0.1, -0.05) is 6.07 Å². The highest BCUT2D eigenvalue weighted by Crippen LogP contribution is 2.22. The van der Waals surface area contributed by atoms with Crippen molar-refractivity contribution in [2.24, 2.45) is 0 Å². The molecule has 0 aromatic heterocycles. The van der Waals surface area contributed by atoms with Crippen molar-refractivity contribution in [2.75, 3.05) is 33.1 Å². The van der Waals surface area contributed by atoms with E-state index in [1.54, 1.807) is 14.0 Å². The number of nitrogens with one attached hydrogen (secondary N) is 2. The minimum absolute atomic E-state index is 0.0147. The molecule has 1 aliphatic heterocycles. The minimum atomic E-state index is -3.83. The van der Waals surface area contributed by atoms with E-state index in [-0.39, 0.29) is 16.3 Å². The predicted octanol–water partition coefficient (Wildman–Crippen LogP) is 0.445. The molecule has 0 radical (unpaired) electrons. The highest BCUT2D eigenvalue weighted by Gasteiger charge is 2.35. The molecule has 2 rings (SSSR count). The molecule has 7 nitrogen and oxygen atoms in total. The van der Waals surface area contributed by atoms with Crippen molar-refractivity contribution in [3.8, 4) is 0 Å². The average molecular weight is 377 g/mol. The quantitative estimate of drug-likeness (QED) is 0.716. The fourth-order valence-corrected chi connectivity index (χ4v) is 5.00. The lowest BCUT2D eigenvalue weighted by Gasteiger charge is -2.29. The summed E-state index contributed by atoms with van der Waals surface area (Å²) in [5, 5.41) is 3.30. The molecule has 1 atom stereocenters. The molecule has 1 heterocycles. The van der Waals surface area contributed by atoms with Crippen LogP contribution in [0.5, 0.6) is 0 Å². The van der Waals surface area contributed by atoms with Gasteiger partial charge in [0.25, 0.3) is 0 Å². The molecule has 136 valence electrons. The summed E-state index contributed by atoms with van der Waals surface area (Å²) in [5.41, 5.74) is 0.0690. The Morgan fingerprint density at radius 2 is 2.00 bits per heavy atom. The number of ether oxygens (including phenoxy) is 1. The van der Waals surface area contributed by atoms with E-state index < -0.39 is 25.4 Å². The standard InChI is InChI=1S/C15H24N2O5S2/c1-12-5-6-13(23(3,18)19)9-14(12)24(20,21)17-10-15(11-22-2)7-4-8-16-15/h5-6,9,16-17H,4,7-8,10-11H2,1-3H3. The van der Waals surface area contributed by atoms with Crippen molar-refractivity contribution < 1.29 is 21.6 Å². The van der Waals surface area contributed by atoms with Gasteiger partial charge in [0, 0.05) is 19.9 Å². The van der Waals surface area contributed by atoms with Crippen LogP contribution in [0.25, 0.3) is 0 Å². The first kappa shape index (κ1) is 19.3. The van der Waals surface area contributed by atoms with Crippen LogP contribution in [0.4, 0.5) is 0 Å². The van der Waals surface area contributed by atoms with Crippen molar-refractivity contribution in [3.63, 3.8) is 0 Å². The van der Waals surface area contributed by atoms with E-state index in [1.807, 2.05) is 0 Å². The molecule has 0 bridgehead atoms. The summed E-state index contributed by atoms with van der Waals surface area (Å²) in [6.45, 7) is 3.04. The summed E-state index contributed by atoms with van der Waals surface area (Å²) in [6.07, 6.45) is 2.82. The van der Waals surface area contributed by atoms with Gasteiger partial charge in [0.1, 0.15) is 0 Å². The summed E-state index contributed by atoms with van der Waals surface area (Å²) in [7, 11) is -5.73. The lowest BCUT2D eigenvalue weighted by atomic mass is 9.99. The summed E-state index contributed by atoms with van der Waals surface area (Å²) in [4.78, 5) is -0.0324. The fourth-order valence-electron chi connectivity index (χ4n) is 2.88. The fraction of sp³-hybridized carbons (Fsp3) is 0.600. The maximum Gasteiger partial charge on any atom is 0.240 e. The van der Waals surface area contributed by atoms with Crippen LogP contribution in [-0.4, -0.2) is 55.4 Å². The van der Waals surface area contributed by atoms with Crippen LogP contribution >= 0.6 is 0 Å². The van der Waals surface area contributed by atoms with E-state index in [0.717, 1.165) is 25.6 Å². The van der Waals surface area contributed by atoms with E-state index in [9.17, 15) is 16.8 Å². The van der Waals surface area contributed by atoms with Gasteiger partial charge in [-0.3, -0.25) is 0 Å². The monoisotopic (exact) mass is 376 g/mol. The van der Waals surface area contributed by atoms with Crippen molar-refractivity contribution in [1.29, 1.82) is 0 Å². The van der Waals surface area contributed by atoms with Crippen molar-refractivity contribution >= 4 is 19.9 Å². The van der Waals surface area contributed by atoms with Crippen LogP contribution in [0.3, 0.4) is 0 Å². The first-order valence-corrected chi connectivity index (χ1v) is 11.0. The van der Waals surface area contributed by atoms with Gasteiger partial charge in [0.05, 0.1) is 21.9 Å². The first-order valence-electron chi connectivity index (χ1n) is 7.64. The number of hydrogen-bond donors (Lipinski definition) is 2. The number of sulfone groups is 1. The zero-order chi connectivity index (χ0) is 18.0. The van der Waals surface area contributed by atoms with Crippen LogP contribution in [-0.2, 0) is 24.6 Å². The van der Waals surface area contributed by atoms with E-state index >= 15 is 0 Å². The Balaban J connectivity index is 2.27. The molecule has 24 heavy (non-hydrogen) atoms. The van der Waals surface area contributed by atoms with E-state index in [4.69, 9.17) is 4.74 Å². The van der Waals surface area contributed by atoms with Gasteiger partial charge in [-0.25, -0.2) is 21.6 Å². The summed E-state index contributed by atoms with van der Waals surface area (Å²) in [6, 6.07) is 4.12. The summed E-state index contributed by atoms with van der Waals surface area (Å²) in [5.74, 6) is 0. The number of hydrogen-bond acceptors (Lipinski definition) is 6. The highest BCUT2D eigenvalue weighted by molar-refractivity contribution is 7.91. The Bertz CT molecular complexity index is 797. The van der Waals surface area contributed by atoms with E-state index in [2.05, 4.69) is 10.0 Å². The SMILES string of the molecule is COCC1(CNS(=O)(=O)c2cc(S(C)(=O)=O)ccc2C)CCCN1. The maximum absolute atomic E-state index is 12.7. The number of rotatable bonds is 7. The molecule has 1 aromatic carbocycles. The third-order valence-corrected chi connectivity index (χ3v) is 6.88. The number of benzene rings is 1. The Hall–Kier alpha value is -1.00. The minimum Gasteiger partial charge on any atom is -0.383 e. The zero-order valence-corrected chi connectivity index (χ0v) is 15.8. The Labute approximate surface area is 143 Å². The molecular weight excluding hydrogens is 352 g/mol. The summed E-state index contributed by atoms with van der Waals surface area (Å²) < 4.78 is 56.5. The Morgan fingerprint density at radius 3 is 2.54 bits per heavy atom. The predicted molar refractivity (Wildman–Crippen MR) is 91.3 cm³/mol. The second kappa shape index (κ2) is 7.09. The average Bonchev–Trinajstić information content (AvgIpc) is 2.94. The topological polar surface area (TPSA) is 102 Å². The Kier molecular flexibility index (Phi) is 5.71. The molecule has 2 N–H and O–H groups in total. The molecule has 0 amide bonds. The van der Waals surface area contributed by atoms with Crippen molar-refractivity contribution in [2.45, 2.75) is 35.1 Å². The van der Waals surface area contributed by atoms with Gasteiger partial charge in [-0.05, 0) is 44.0 Å². The van der Waals surface area contributed by atoms with Crippen LogP contribution in [0.15, 0.2) is 28.0 Å². The molecule has 1 aliphatic rings. The normalized spacial score (nSPS) is 22.0. The summed E-state index contributed by atoms with van der Waals surface area (Å²) >= 11 is 0. The van der Waals surface area contributed by atoms with Crippen LogP contribution in [0, 0.1) is 6.92 Å². The first-order chi connectivity index (χ1) is 11.1. The molecule has 1 aromatic rings. The molecule has 1 fully saturated rings. The van der Waals surface area contributed by atoms with Crippen LogP contribution in [0.1, 0.15) is 18.4 Å². The second-order valence-corrected chi connectivity index (χ2v) is 10.0. The lowest BCUT2D eigenvalue weighted by molar-refractivity contribution is 0.122. The van der Waals surface area contributed by atoms with E-state index in [1.165, 1.54) is 18.2 Å². The molecule has 1 saturated heterocycles. The van der Waals surface area contributed by atoms with Gasteiger partial charge < -0.3 is 10.1 Å². The van der Waals surface area contributed by atoms with Gasteiger partial charge in [-0.2, -0.15) is 0 Å². The van der Waals surface area contributed by atoms with Gasteiger partial charge in [0.2, 0.25) is 10.0 Å². The largest absolute Gasteiger partial charge is 0.383 e. The molecule has 9 heteroatoms. The molecule has 0 saturated carbocycles. The van der Waals surface area contributed by atoms with Crippen LogP contribution < -0.4 is 10.0 Å². The zero-order valence-electron chi connectivity index (χ0n) is 14.1. The van der Waals surface area contributed by atoms with E-state index in [0.29, 0.717) is 12.2 Å². The number of sulfonamides is 1.